The van der Waals surface area contributed by atoms with Gasteiger partial charge in [0.25, 0.3) is 5.69 Å². The molecule has 7 nitrogen and oxygen atoms in total. The van der Waals surface area contributed by atoms with E-state index in [2.05, 4.69) is 20.3 Å². The molecule has 0 bridgehead atoms. The Hall–Kier alpha value is -3.48. The molecule has 0 aliphatic rings. The van der Waals surface area contributed by atoms with Crippen LogP contribution >= 0.6 is 0 Å². The number of pyridine rings is 1. The maximum atomic E-state index is 11.2. The van der Waals surface area contributed by atoms with Crippen LogP contribution in [0.15, 0.2) is 54.9 Å². The number of aromatic nitrogens is 3. The van der Waals surface area contributed by atoms with E-state index in [0.717, 1.165) is 34.4 Å². The molecule has 0 fully saturated rings. The molecule has 0 aliphatic heterocycles. The van der Waals surface area contributed by atoms with Crippen LogP contribution in [0.4, 0.5) is 11.4 Å². The lowest BCUT2D eigenvalue weighted by Crippen LogP contribution is -2.06. The van der Waals surface area contributed by atoms with E-state index in [-0.39, 0.29) is 10.6 Å². The molecule has 124 valence electrons. The molecule has 4 aromatic rings. The highest BCUT2D eigenvalue weighted by molar-refractivity contribution is 5.99. The SMILES string of the molecule is O=[N+]([O-])c1ccc(NCCc2nc3ccccc3[nH]2)c2ccncc12. The van der Waals surface area contributed by atoms with Crippen molar-refractivity contribution in [2.75, 3.05) is 11.9 Å². The molecule has 0 saturated heterocycles. The Bertz CT molecular complexity index is 1040. The van der Waals surface area contributed by atoms with Gasteiger partial charge in [0, 0.05) is 42.5 Å². The molecule has 2 aromatic heterocycles. The van der Waals surface area contributed by atoms with Gasteiger partial charge >= 0.3 is 0 Å². The van der Waals surface area contributed by atoms with Gasteiger partial charge in [-0.05, 0) is 24.3 Å². The van der Waals surface area contributed by atoms with Gasteiger partial charge in [-0.3, -0.25) is 15.1 Å². The lowest BCUT2D eigenvalue weighted by molar-refractivity contribution is -0.383. The average Bonchev–Trinajstić information content (AvgIpc) is 3.04. The van der Waals surface area contributed by atoms with Crippen LogP contribution in [0.1, 0.15) is 5.82 Å². The fourth-order valence-corrected chi connectivity index (χ4v) is 2.93. The lowest BCUT2D eigenvalue weighted by Gasteiger charge is -2.09. The number of non-ortho nitro benzene ring substituents is 1. The molecule has 0 unspecified atom stereocenters. The number of fused-ring (bicyclic) bond motifs is 2. The second kappa shape index (κ2) is 6.20. The fourth-order valence-electron chi connectivity index (χ4n) is 2.93. The van der Waals surface area contributed by atoms with Gasteiger partial charge in [0.2, 0.25) is 0 Å². The average molecular weight is 333 g/mol. The molecule has 2 aromatic carbocycles. The Balaban J connectivity index is 1.55. The first kappa shape index (κ1) is 15.1. The van der Waals surface area contributed by atoms with Gasteiger partial charge in [-0.25, -0.2) is 4.98 Å². The van der Waals surface area contributed by atoms with Crippen LogP contribution in [-0.2, 0) is 6.42 Å². The molecule has 0 amide bonds. The van der Waals surface area contributed by atoms with Gasteiger partial charge in [0.1, 0.15) is 5.82 Å². The summed E-state index contributed by atoms with van der Waals surface area (Å²) in [6.07, 6.45) is 3.88. The molecule has 0 radical (unpaired) electrons. The van der Waals surface area contributed by atoms with Gasteiger partial charge in [-0.15, -0.1) is 0 Å². The number of nitrogens with one attached hydrogen (secondary N) is 2. The van der Waals surface area contributed by atoms with E-state index in [4.69, 9.17) is 0 Å². The zero-order valence-electron chi connectivity index (χ0n) is 13.3. The van der Waals surface area contributed by atoms with Crippen molar-refractivity contribution >= 4 is 33.2 Å². The Morgan fingerprint density at radius 1 is 1.12 bits per heavy atom. The van der Waals surface area contributed by atoms with Crippen molar-refractivity contribution < 1.29 is 4.92 Å². The Morgan fingerprint density at radius 3 is 2.84 bits per heavy atom. The largest absolute Gasteiger partial charge is 0.384 e. The summed E-state index contributed by atoms with van der Waals surface area (Å²) >= 11 is 0. The summed E-state index contributed by atoms with van der Waals surface area (Å²) < 4.78 is 0. The minimum absolute atomic E-state index is 0.0611. The van der Waals surface area contributed by atoms with Gasteiger partial charge in [0.15, 0.2) is 0 Å². The van der Waals surface area contributed by atoms with E-state index in [9.17, 15) is 10.1 Å². The Morgan fingerprint density at radius 2 is 2.00 bits per heavy atom. The molecular weight excluding hydrogens is 318 g/mol. The zero-order chi connectivity index (χ0) is 17.2. The quantitative estimate of drug-likeness (QED) is 0.429. The number of hydrogen-bond donors (Lipinski definition) is 2. The van der Waals surface area contributed by atoms with Crippen LogP contribution in [0.25, 0.3) is 21.8 Å². The number of hydrogen-bond acceptors (Lipinski definition) is 5. The maximum Gasteiger partial charge on any atom is 0.278 e. The third kappa shape index (κ3) is 2.87. The molecule has 0 aliphatic carbocycles. The molecule has 0 atom stereocenters. The monoisotopic (exact) mass is 333 g/mol. The number of anilines is 1. The van der Waals surface area contributed by atoms with Gasteiger partial charge in [0.05, 0.1) is 21.3 Å². The number of nitro groups is 1. The molecule has 25 heavy (non-hydrogen) atoms. The summed E-state index contributed by atoms with van der Waals surface area (Å²) in [5, 5.41) is 15.8. The van der Waals surface area contributed by atoms with Crippen LogP contribution < -0.4 is 5.32 Å². The number of H-pyrrole nitrogens is 1. The van der Waals surface area contributed by atoms with Crippen LogP contribution in [0, 0.1) is 10.1 Å². The summed E-state index contributed by atoms with van der Waals surface area (Å²) in [4.78, 5) is 22.6. The second-order valence-corrected chi connectivity index (χ2v) is 5.69. The van der Waals surface area contributed by atoms with Crippen LogP contribution in [0.2, 0.25) is 0 Å². The van der Waals surface area contributed by atoms with Crippen molar-refractivity contribution in [2.24, 2.45) is 0 Å². The lowest BCUT2D eigenvalue weighted by atomic mass is 10.1. The smallest absolute Gasteiger partial charge is 0.278 e. The fraction of sp³-hybridized carbons (Fsp3) is 0.111. The van der Waals surface area contributed by atoms with Crippen LogP contribution in [0.5, 0.6) is 0 Å². The normalized spacial score (nSPS) is 11.0. The number of para-hydroxylation sites is 2. The molecule has 0 spiro atoms. The minimum atomic E-state index is -0.387. The summed E-state index contributed by atoms with van der Waals surface area (Å²) in [6.45, 7) is 0.662. The number of nitrogens with zero attached hydrogens (tertiary/aromatic N) is 3. The topological polar surface area (TPSA) is 96.7 Å². The number of benzene rings is 2. The molecular formula is C18H15N5O2. The van der Waals surface area contributed by atoms with E-state index in [1.165, 1.54) is 12.3 Å². The maximum absolute atomic E-state index is 11.2. The molecule has 0 saturated carbocycles. The van der Waals surface area contributed by atoms with E-state index in [1.54, 1.807) is 18.3 Å². The van der Waals surface area contributed by atoms with Crippen molar-refractivity contribution in [1.29, 1.82) is 0 Å². The highest BCUT2D eigenvalue weighted by atomic mass is 16.6. The van der Waals surface area contributed by atoms with Gasteiger partial charge in [-0.1, -0.05) is 12.1 Å². The van der Waals surface area contributed by atoms with Crippen molar-refractivity contribution in [3.63, 3.8) is 0 Å². The summed E-state index contributed by atoms with van der Waals surface area (Å²) in [5.74, 6) is 0.904. The molecule has 2 N–H and O–H groups in total. The molecule has 7 heteroatoms. The Labute approximate surface area is 142 Å². The van der Waals surface area contributed by atoms with Crippen molar-refractivity contribution in [1.82, 2.24) is 15.0 Å². The highest BCUT2D eigenvalue weighted by Crippen LogP contribution is 2.30. The number of rotatable bonds is 5. The van der Waals surface area contributed by atoms with E-state index < -0.39 is 0 Å². The summed E-state index contributed by atoms with van der Waals surface area (Å²) in [6, 6.07) is 12.9. The minimum Gasteiger partial charge on any atom is -0.384 e. The van der Waals surface area contributed by atoms with E-state index >= 15 is 0 Å². The van der Waals surface area contributed by atoms with Crippen LogP contribution in [-0.4, -0.2) is 26.4 Å². The first-order chi connectivity index (χ1) is 12.2. The van der Waals surface area contributed by atoms with Gasteiger partial charge in [-0.2, -0.15) is 0 Å². The Kier molecular flexibility index (Phi) is 3.74. The third-order valence-corrected chi connectivity index (χ3v) is 4.11. The van der Waals surface area contributed by atoms with Crippen molar-refractivity contribution in [3.05, 3.63) is 70.8 Å². The van der Waals surface area contributed by atoms with Crippen molar-refractivity contribution in [2.45, 2.75) is 6.42 Å². The molecule has 2 heterocycles. The summed E-state index contributed by atoms with van der Waals surface area (Å²) in [7, 11) is 0. The first-order valence-electron chi connectivity index (χ1n) is 7.91. The predicted octanol–water partition coefficient (Wildman–Crippen LogP) is 3.67. The van der Waals surface area contributed by atoms with E-state index in [1.807, 2.05) is 24.3 Å². The third-order valence-electron chi connectivity index (χ3n) is 4.11. The van der Waals surface area contributed by atoms with Crippen LogP contribution in [0.3, 0.4) is 0 Å². The second-order valence-electron chi connectivity index (χ2n) is 5.69. The summed E-state index contributed by atoms with van der Waals surface area (Å²) in [5.41, 5.74) is 2.87. The number of aromatic amines is 1. The molecule has 4 rings (SSSR count). The number of nitro benzene ring substituents is 1. The zero-order valence-corrected chi connectivity index (χ0v) is 13.3. The first-order valence-corrected chi connectivity index (χ1v) is 7.91. The predicted molar refractivity (Wildman–Crippen MR) is 96.7 cm³/mol. The standard InChI is InChI=1S/C18H15N5O2/c24-23(25)17-6-5-14(12-7-9-19-11-13(12)17)20-10-8-18-21-15-3-1-2-4-16(15)22-18/h1-7,9,11,20H,8,10H2,(H,21,22). The van der Waals surface area contributed by atoms with E-state index in [0.29, 0.717) is 11.9 Å². The van der Waals surface area contributed by atoms with Crippen molar-refractivity contribution in [3.8, 4) is 0 Å². The highest BCUT2D eigenvalue weighted by Gasteiger charge is 2.14. The number of imidazole rings is 1. The van der Waals surface area contributed by atoms with Gasteiger partial charge < -0.3 is 10.3 Å².